The van der Waals surface area contributed by atoms with E-state index in [4.69, 9.17) is 15.3 Å². The van der Waals surface area contributed by atoms with Gasteiger partial charge in [0.2, 0.25) is 0 Å². The molecule has 0 aromatic heterocycles. The Morgan fingerprint density at radius 2 is 1.00 bits per heavy atom. The third-order valence-electron chi connectivity index (χ3n) is 0.341. The van der Waals surface area contributed by atoms with Crippen LogP contribution in [0.25, 0.3) is 0 Å². The molecule has 13 heavy (non-hydrogen) atoms. The van der Waals surface area contributed by atoms with Crippen LogP contribution in [0.1, 0.15) is 13.8 Å². The summed E-state index contributed by atoms with van der Waals surface area (Å²) in [6, 6.07) is 0. The molecule has 84 valence electrons. The number of aliphatic hydroxyl groups excluding tert-OH is 2. The van der Waals surface area contributed by atoms with Gasteiger partial charge in [-0.25, -0.2) is 0 Å². The number of rotatable bonds is 1. The van der Waals surface area contributed by atoms with E-state index in [2.05, 4.69) is 4.74 Å². The van der Waals surface area contributed by atoms with Gasteiger partial charge in [-0.2, -0.15) is 0 Å². The van der Waals surface area contributed by atoms with Gasteiger partial charge in [-0.15, -0.1) is 0 Å². The summed E-state index contributed by atoms with van der Waals surface area (Å²) in [6.45, 7) is 2.83. The fourth-order valence-corrected chi connectivity index (χ4v) is 0. The van der Waals surface area contributed by atoms with E-state index in [0.29, 0.717) is 0 Å². The first-order valence-corrected chi connectivity index (χ1v) is 2.57. The summed E-state index contributed by atoms with van der Waals surface area (Å²) in [5.74, 6) is 0. The zero-order valence-electron chi connectivity index (χ0n) is 8.13. The number of hydrogen-bond acceptors (Lipinski definition) is 4. The molecule has 0 saturated heterocycles. The van der Waals surface area contributed by atoms with Crippen LogP contribution in [0.4, 0.5) is 0 Å². The SMILES string of the molecule is CC(O)O.COC(C)O.[CH3-].[W].[W].[W]. The molecule has 7 heteroatoms. The molecule has 0 aliphatic rings. The summed E-state index contributed by atoms with van der Waals surface area (Å²) in [7, 11) is 1.45. The molecule has 0 amide bonds. The number of aliphatic hydroxyl groups is 3. The Hall–Kier alpha value is 1.90. The minimum Gasteiger partial charge on any atom is -0.368 e. The van der Waals surface area contributed by atoms with Gasteiger partial charge in [0.05, 0.1) is 0 Å². The van der Waals surface area contributed by atoms with Crippen LogP contribution in [0.5, 0.6) is 0 Å². The van der Waals surface area contributed by atoms with Gasteiger partial charge in [0, 0.05) is 70.3 Å². The number of hydrogen-bond donors (Lipinski definition) is 3. The van der Waals surface area contributed by atoms with E-state index in [9.17, 15) is 0 Å². The van der Waals surface area contributed by atoms with Crippen molar-refractivity contribution < 1.29 is 83.3 Å². The third kappa shape index (κ3) is 129. The summed E-state index contributed by atoms with van der Waals surface area (Å²) in [5.41, 5.74) is 0. The molecular weight excluding hydrogens is 688 g/mol. The van der Waals surface area contributed by atoms with Gasteiger partial charge < -0.3 is 27.5 Å². The van der Waals surface area contributed by atoms with Gasteiger partial charge in [0.15, 0.2) is 6.29 Å². The maximum Gasteiger partial charge on any atom is 0.151 e. The molecule has 0 rings (SSSR count). The van der Waals surface area contributed by atoms with Gasteiger partial charge >= 0.3 is 0 Å². The molecule has 0 saturated carbocycles. The third-order valence-corrected chi connectivity index (χ3v) is 0.341. The molecular formula is C6H17O4W3-. The summed E-state index contributed by atoms with van der Waals surface area (Å²) < 4.78 is 4.31. The maximum absolute atomic E-state index is 8.14. The van der Waals surface area contributed by atoms with E-state index in [-0.39, 0.29) is 70.6 Å². The zero-order chi connectivity index (χ0) is 7.86. The van der Waals surface area contributed by atoms with Crippen LogP contribution < -0.4 is 0 Å². The van der Waals surface area contributed by atoms with Crippen LogP contribution >= 0.6 is 0 Å². The fraction of sp³-hybridized carbons (Fsp3) is 0.833. The quantitative estimate of drug-likeness (QED) is 0.260. The van der Waals surface area contributed by atoms with Crippen molar-refractivity contribution in [2.45, 2.75) is 26.4 Å². The van der Waals surface area contributed by atoms with Crippen molar-refractivity contribution in [3.8, 4) is 0 Å². The molecule has 0 aliphatic carbocycles. The molecule has 0 heterocycles. The number of methoxy groups -OCH3 is 1. The van der Waals surface area contributed by atoms with E-state index in [1.165, 1.54) is 14.0 Å². The first-order chi connectivity index (χ1) is 4.00. The molecule has 3 N–H and O–H groups in total. The van der Waals surface area contributed by atoms with Crippen molar-refractivity contribution in [3.05, 3.63) is 7.43 Å². The second-order valence-electron chi connectivity index (χ2n) is 1.47. The molecule has 4 nitrogen and oxygen atoms in total. The average molecular weight is 705 g/mol. The summed E-state index contributed by atoms with van der Waals surface area (Å²) in [4.78, 5) is 0. The summed E-state index contributed by atoms with van der Waals surface area (Å²) >= 11 is 0. The Kier molecular flexibility index (Phi) is 81.6. The Morgan fingerprint density at radius 1 is 0.923 bits per heavy atom. The first-order valence-electron chi connectivity index (χ1n) is 2.57. The molecule has 0 aromatic rings. The number of ether oxygens (including phenoxy) is 1. The van der Waals surface area contributed by atoms with Crippen LogP contribution in [0, 0.1) is 7.43 Å². The fourth-order valence-electron chi connectivity index (χ4n) is 0. The minimum atomic E-state index is -1.17. The van der Waals surface area contributed by atoms with E-state index in [1.807, 2.05) is 0 Å². The van der Waals surface area contributed by atoms with E-state index < -0.39 is 12.6 Å². The normalized spacial score (nSPS) is 8.54. The largest absolute Gasteiger partial charge is 0.368 e. The molecule has 0 bridgehead atoms. The van der Waals surface area contributed by atoms with Crippen molar-refractivity contribution in [1.29, 1.82) is 0 Å². The van der Waals surface area contributed by atoms with E-state index >= 15 is 0 Å². The zero-order valence-corrected chi connectivity index (χ0v) is 16.9. The smallest absolute Gasteiger partial charge is 0.151 e. The average Bonchev–Trinajstić information content (AvgIpc) is 1.65. The Bertz CT molecular complexity index is 52.4. The molecule has 0 fully saturated rings. The topological polar surface area (TPSA) is 69.9 Å². The predicted molar refractivity (Wildman–Crippen MR) is 39.0 cm³/mol. The molecule has 0 aromatic carbocycles. The van der Waals surface area contributed by atoms with Gasteiger partial charge in [-0.1, -0.05) is 0 Å². The second-order valence-corrected chi connectivity index (χ2v) is 1.47. The molecule has 0 spiro atoms. The Morgan fingerprint density at radius 3 is 1.00 bits per heavy atom. The van der Waals surface area contributed by atoms with Crippen LogP contribution in [0.15, 0.2) is 0 Å². The van der Waals surface area contributed by atoms with Gasteiger partial charge in [0.25, 0.3) is 0 Å². The van der Waals surface area contributed by atoms with Crippen LogP contribution in [0.2, 0.25) is 0 Å². The van der Waals surface area contributed by atoms with Gasteiger partial charge in [-0.3, -0.25) is 0 Å². The van der Waals surface area contributed by atoms with Gasteiger partial charge in [-0.05, 0) is 13.8 Å². The summed E-state index contributed by atoms with van der Waals surface area (Å²) in [6.07, 6.45) is -1.78. The van der Waals surface area contributed by atoms with Crippen LogP contribution in [-0.2, 0) is 67.9 Å². The monoisotopic (exact) mass is 705 g/mol. The van der Waals surface area contributed by atoms with Crippen molar-refractivity contribution in [3.63, 3.8) is 0 Å². The van der Waals surface area contributed by atoms with Crippen molar-refractivity contribution >= 4 is 0 Å². The molecule has 1 atom stereocenters. The maximum atomic E-state index is 8.14. The first kappa shape index (κ1) is 36.3. The molecule has 1 unspecified atom stereocenters. The Labute approximate surface area is 123 Å². The molecule has 0 aliphatic heterocycles. The van der Waals surface area contributed by atoms with Gasteiger partial charge in [0.1, 0.15) is 6.29 Å². The van der Waals surface area contributed by atoms with Crippen LogP contribution in [-0.4, -0.2) is 35.0 Å². The molecule has 0 radical (unpaired) electrons. The predicted octanol–water partition coefficient (Wildman–Crippen LogP) is -0.269. The summed E-state index contributed by atoms with van der Waals surface area (Å²) in [5, 5.41) is 23.4. The van der Waals surface area contributed by atoms with E-state index in [1.54, 1.807) is 6.92 Å². The standard InChI is InChI=1S/C3H8O2.C2H6O2.CH3.3W/c1-3(4)5-2;1-2(3)4;;;;/h3-4H,1-2H3;2-4H,1H3;1H3;;;/q;;-1;;;. The minimum absolute atomic E-state index is 0. The van der Waals surface area contributed by atoms with Crippen LogP contribution in [0.3, 0.4) is 0 Å². The van der Waals surface area contributed by atoms with Crippen molar-refractivity contribution in [2.24, 2.45) is 0 Å². The van der Waals surface area contributed by atoms with Crippen molar-refractivity contribution in [1.82, 2.24) is 0 Å². The second kappa shape index (κ2) is 29.2. The Balaban J connectivity index is -0.0000000146. The van der Waals surface area contributed by atoms with Crippen molar-refractivity contribution in [2.75, 3.05) is 7.11 Å². The van der Waals surface area contributed by atoms with E-state index in [0.717, 1.165) is 0 Å².